The molecule has 0 saturated carbocycles. The van der Waals surface area contributed by atoms with E-state index in [1.54, 1.807) is 18.2 Å². The number of nitrogens with one attached hydrogen (secondary N) is 2. The molecule has 1 aromatic carbocycles. The lowest BCUT2D eigenvalue weighted by Gasteiger charge is -2.05. The summed E-state index contributed by atoms with van der Waals surface area (Å²) in [6.07, 6.45) is 1.75. The van der Waals surface area contributed by atoms with Crippen LogP contribution in [0.5, 0.6) is 0 Å². The molecule has 98 valence electrons. The Hall–Kier alpha value is -2.40. The van der Waals surface area contributed by atoms with E-state index in [4.69, 9.17) is 5.73 Å². The van der Waals surface area contributed by atoms with Gasteiger partial charge in [-0.25, -0.2) is 0 Å². The van der Waals surface area contributed by atoms with Crippen LogP contribution < -0.4 is 16.5 Å². The second-order valence-corrected chi connectivity index (χ2v) is 4.20. The maximum Gasteiger partial charge on any atom is 0.248 e. The molecule has 5 heteroatoms. The van der Waals surface area contributed by atoms with Crippen molar-refractivity contribution in [2.75, 3.05) is 6.54 Å². The molecule has 2 rings (SSSR count). The zero-order valence-electron chi connectivity index (χ0n) is 10.4. The van der Waals surface area contributed by atoms with Crippen LogP contribution in [0.2, 0.25) is 0 Å². The Morgan fingerprint density at radius 3 is 2.89 bits per heavy atom. The van der Waals surface area contributed by atoms with Crippen LogP contribution in [0.1, 0.15) is 16.1 Å². The Labute approximate surface area is 110 Å². The van der Waals surface area contributed by atoms with Gasteiger partial charge in [0.15, 0.2) is 5.43 Å². The minimum atomic E-state index is -0.543. The van der Waals surface area contributed by atoms with Gasteiger partial charge in [-0.2, -0.15) is 0 Å². The average Bonchev–Trinajstić information content (AvgIpc) is 2.38. The number of H-pyrrole nitrogens is 1. The number of hydrogen-bond donors (Lipinski definition) is 3. The van der Waals surface area contributed by atoms with Gasteiger partial charge in [-0.3, -0.25) is 9.59 Å². The number of hydrogen-bond acceptors (Lipinski definition) is 3. The molecule has 0 spiro atoms. The quantitative estimate of drug-likeness (QED) is 0.549. The Morgan fingerprint density at radius 2 is 2.21 bits per heavy atom. The fourth-order valence-electron chi connectivity index (χ4n) is 1.86. The summed E-state index contributed by atoms with van der Waals surface area (Å²) in [5, 5.41) is 3.57. The van der Waals surface area contributed by atoms with Gasteiger partial charge >= 0.3 is 0 Å². The van der Waals surface area contributed by atoms with Crippen molar-refractivity contribution in [3.8, 4) is 0 Å². The van der Waals surface area contributed by atoms with E-state index in [1.807, 2.05) is 0 Å². The highest BCUT2D eigenvalue weighted by Crippen LogP contribution is 2.11. The number of pyridine rings is 1. The van der Waals surface area contributed by atoms with Gasteiger partial charge in [0.2, 0.25) is 5.91 Å². The Bertz CT molecular complexity index is 689. The first-order valence-electron chi connectivity index (χ1n) is 5.89. The van der Waals surface area contributed by atoms with Crippen LogP contribution in [0.15, 0.2) is 41.7 Å². The van der Waals surface area contributed by atoms with E-state index in [-0.39, 0.29) is 5.43 Å². The third-order valence-corrected chi connectivity index (χ3v) is 2.77. The SMILES string of the molecule is C=CCNCc1cc(=O)c2cc(C(N)=O)ccc2[nH]1. The molecule has 0 bridgehead atoms. The molecule has 19 heavy (non-hydrogen) atoms. The first kappa shape index (κ1) is 13.0. The molecule has 1 aromatic heterocycles. The smallest absolute Gasteiger partial charge is 0.248 e. The van der Waals surface area contributed by atoms with E-state index in [2.05, 4.69) is 16.9 Å². The van der Waals surface area contributed by atoms with Gasteiger partial charge in [-0.1, -0.05) is 6.08 Å². The van der Waals surface area contributed by atoms with Crippen LogP contribution in [-0.2, 0) is 6.54 Å². The van der Waals surface area contributed by atoms with Crippen molar-refractivity contribution in [2.24, 2.45) is 5.73 Å². The summed E-state index contributed by atoms with van der Waals surface area (Å²) in [5.41, 5.74) is 6.86. The standard InChI is InChI=1S/C14H15N3O2/c1-2-5-16-8-10-7-13(18)11-6-9(14(15)19)3-4-12(11)17-10/h2-4,6-7,16H,1,5,8H2,(H2,15,19)(H,17,18). The molecule has 1 heterocycles. The Morgan fingerprint density at radius 1 is 1.42 bits per heavy atom. The lowest BCUT2D eigenvalue weighted by Crippen LogP contribution is -2.16. The van der Waals surface area contributed by atoms with Crippen LogP contribution in [0.3, 0.4) is 0 Å². The highest BCUT2D eigenvalue weighted by molar-refractivity contribution is 5.96. The second kappa shape index (κ2) is 5.49. The van der Waals surface area contributed by atoms with Crippen molar-refractivity contribution >= 4 is 16.8 Å². The highest BCUT2D eigenvalue weighted by atomic mass is 16.1. The van der Waals surface area contributed by atoms with Gasteiger partial charge < -0.3 is 16.0 Å². The summed E-state index contributed by atoms with van der Waals surface area (Å²) >= 11 is 0. The highest BCUT2D eigenvalue weighted by Gasteiger charge is 2.06. The molecule has 0 saturated heterocycles. The molecule has 0 aliphatic rings. The Kier molecular flexibility index (Phi) is 3.77. The fourth-order valence-corrected chi connectivity index (χ4v) is 1.86. The van der Waals surface area contributed by atoms with Crippen LogP contribution >= 0.6 is 0 Å². The predicted molar refractivity (Wildman–Crippen MR) is 75.0 cm³/mol. The zero-order chi connectivity index (χ0) is 13.8. The molecule has 5 nitrogen and oxygen atoms in total. The van der Waals surface area contributed by atoms with Gasteiger partial charge in [0.05, 0.1) is 0 Å². The topological polar surface area (TPSA) is 88.0 Å². The van der Waals surface area contributed by atoms with E-state index >= 15 is 0 Å². The molecule has 0 aliphatic carbocycles. The summed E-state index contributed by atoms with van der Waals surface area (Å²) in [6.45, 7) is 4.83. The van der Waals surface area contributed by atoms with E-state index in [9.17, 15) is 9.59 Å². The first-order valence-corrected chi connectivity index (χ1v) is 5.89. The summed E-state index contributed by atoms with van der Waals surface area (Å²) < 4.78 is 0. The van der Waals surface area contributed by atoms with Crippen molar-refractivity contribution in [2.45, 2.75) is 6.54 Å². The molecule has 1 amide bonds. The van der Waals surface area contributed by atoms with Crippen LogP contribution in [-0.4, -0.2) is 17.4 Å². The summed E-state index contributed by atoms with van der Waals surface area (Å²) in [5.74, 6) is -0.543. The summed E-state index contributed by atoms with van der Waals surface area (Å²) in [7, 11) is 0. The minimum absolute atomic E-state index is 0.132. The normalized spacial score (nSPS) is 10.5. The number of carbonyl (C=O) groups excluding carboxylic acids is 1. The van der Waals surface area contributed by atoms with Crippen molar-refractivity contribution in [1.82, 2.24) is 10.3 Å². The fraction of sp³-hybridized carbons (Fsp3) is 0.143. The molecule has 2 aromatic rings. The number of aromatic nitrogens is 1. The molecular formula is C14H15N3O2. The van der Waals surface area contributed by atoms with Crippen molar-refractivity contribution in [3.63, 3.8) is 0 Å². The van der Waals surface area contributed by atoms with Crippen LogP contribution in [0, 0.1) is 0 Å². The number of benzene rings is 1. The first-order chi connectivity index (χ1) is 9.11. The van der Waals surface area contributed by atoms with E-state index in [0.29, 0.717) is 29.6 Å². The zero-order valence-corrected chi connectivity index (χ0v) is 10.4. The van der Waals surface area contributed by atoms with Gasteiger partial charge in [-0.05, 0) is 18.2 Å². The van der Waals surface area contributed by atoms with E-state index < -0.39 is 5.91 Å². The molecule has 0 aliphatic heterocycles. The number of primary amides is 1. The molecular weight excluding hydrogens is 242 g/mol. The number of amides is 1. The molecule has 0 atom stereocenters. The predicted octanol–water partition coefficient (Wildman–Crippen LogP) is 0.903. The van der Waals surface area contributed by atoms with Gasteiger partial charge in [0.1, 0.15) is 0 Å². The van der Waals surface area contributed by atoms with Crippen molar-refractivity contribution in [1.29, 1.82) is 0 Å². The third-order valence-electron chi connectivity index (χ3n) is 2.77. The number of nitrogens with two attached hydrogens (primary N) is 1. The lowest BCUT2D eigenvalue weighted by atomic mass is 10.1. The number of carbonyl (C=O) groups is 1. The maximum absolute atomic E-state index is 12.0. The monoisotopic (exact) mass is 257 g/mol. The number of fused-ring (bicyclic) bond motifs is 1. The Balaban J connectivity index is 2.41. The molecule has 4 N–H and O–H groups in total. The van der Waals surface area contributed by atoms with Crippen molar-refractivity contribution < 1.29 is 4.79 Å². The molecule has 0 unspecified atom stereocenters. The van der Waals surface area contributed by atoms with Crippen LogP contribution in [0.25, 0.3) is 10.9 Å². The van der Waals surface area contributed by atoms with Gasteiger partial charge in [-0.15, -0.1) is 6.58 Å². The van der Waals surface area contributed by atoms with Crippen molar-refractivity contribution in [3.05, 3.63) is 58.4 Å². The average molecular weight is 257 g/mol. The summed E-state index contributed by atoms with van der Waals surface area (Å²) in [4.78, 5) is 26.2. The largest absolute Gasteiger partial charge is 0.366 e. The summed E-state index contributed by atoms with van der Waals surface area (Å²) in [6, 6.07) is 6.32. The van der Waals surface area contributed by atoms with Gasteiger partial charge in [0, 0.05) is 41.3 Å². The number of aromatic amines is 1. The molecule has 0 fully saturated rings. The number of rotatable bonds is 5. The van der Waals surface area contributed by atoms with E-state index in [1.165, 1.54) is 12.1 Å². The minimum Gasteiger partial charge on any atom is -0.366 e. The lowest BCUT2D eigenvalue weighted by molar-refractivity contribution is 0.100. The van der Waals surface area contributed by atoms with E-state index in [0.717, 1.165) is 5.69 Å². The maximum atomic E-state index is 12.0. The third kappa shape index (κ3) is 2.89. The van der Waals surface area contributed by atoms with Gasteiger partial charge in [0.25, 0.3) is 0 Å². The molecule has 0 radical (unpaired) electrons. The second-order valence-electron chi connectivity index (χ2n) is 4.20. The van der Waals surface area contributed by atoms with Crippen LogP contribution in [0.4, 0.5) is 0 Å².